The van der Waals surface area contributed by atoms with Crippen LogP contribution in [0.15, 0.2) is 42.5 Å². The number of nitrogens with one attached hydrogen (secondary N) is 1. The van der Waals surface area contributed by atoms with Crippen molar-refractivity contribution in [2.45, 2.75) is 6.54 Å². The first-order valence-electron chi connectivity index (χ1n) is 6.14. The molecule has 0 saturated heterocycles. The maximum absolute atomic E-state index is 13.3. The van der Waals surface area contributed by atoms with E-state index in [1.807, 2.05) is 0 Å². The molecule has 2 aromatic rings. The van der Waals surface area contributed by atoms with Gasteiger partial charge in [0.1, 0.15) is 5.82 Å². The number of hydrogen-bond acceptors (Lipinski definition) is 2. The zero-order valence-electron chi connectivity index (χ0n) is 10.9. The lowest BCUT2D eigenvalue weighted by molar-refractivity contribution is -0.123. The summed E-state index contributed by atoms with van der Waals surface area (Å²) in [5.41, 5.74) is 0.653. The van der Waals surface area contributed by atoms with E-state index in [2.05, 4.69) is 5.32 Å². The minimum atomic E-state index is -0.532. The minimum absolute atomic E-state index is 0.00986. The number of halogens is 3. The highest BCUT2D eigenvalue weighted by Gasteiger charge is 2.07. The molecule has 0 radical (unpaired) electrons. The van der Waals surface area contributed by atoms with Crippen molar-refractivity contribution in [2.24, 2.45) is 0 Å². The van der Waals surface area contributed by atoms with Crippen molar-refractivity contribution >= 4 is 17.5 Å². The molecule has 2 aromatic carbocycles. The molecule has 0 saturated carbocycles. The molecule has 1 N–H and O–H groups in total. The van der Waals surface area contributed by atoms with E-state index in [0.29, 0.717) is 5.56 Å². The number of ether oxygens (including phenoxy) is 1. The molecule has 2 rings (SSSR count). The molecule has 3 nitrogen and oxygen atoms in total. The van der Waals surface area contributed by atoms with Gasteiger partial charge in [-0.3, -0.25) is 4.79 Å². The van der Waals surface area contributed by atoms with Gasteiger partial charge in [0, 0.05) is 6.54 Å². The van der Waals surface area contributed by atoms with Crippen LogP contribution in [-0.2, 0) is 11.3 Å². The van der Waals surface area contributed by atoms with Gasteiger partial charge < -0.3 is 10.1 Å². The van der Waals surface area contributed by atoms with Crippen molar-refractivity contribution in [3.05, 3.63) is 64.7 Å². The second kappa shape index (κ2) is 7.04. The van der Waals surface area contributed by atoms with Gasteiger partial charge in [-0.25, -0.2) is 8.78 Å². The Balaban J connectivity index is 1.82. The van der Waals surface area contributed by atoms with Gasteiger partial charge in [0.25, 0.3) is 5.91 Å². The molecule has 0 unspecified atom stereocenters. The Bertz CT molecular complexity index is 649. The summed E-state index contributed by atoms with van der Waals surface area (Å²) in [4.78, 5) is 11.6. The maximum atomic E-state index is 13.3. The molecule has 21 heavy (non-hydrogen) atoms. The number of carbonyl (C=O) groups is 1. The molecule has 0 heterocycles. The smallest absolute Gasteiger partial charge is 0.258 e. The van der Waals surface area contributed by atoms with Crippen molar-refractivity contribution in [2.75, 3.05) is 6.61 Å². The average molecular weight is 312 g/mol. The van der Waals surface area contributed by atoms with Crippen LogP contribution in [0.5, 0.6) is 5.75 Å². The molecule has 0 fully saturated rings. The van der Waals surface area contributed by atoms with E-state index in [1.54, 1.807) is 6.07 Å². The van der Waals surface area contributed by atoms with Gasteiger partial charge in [0.2, 0.25) is 0 Å². The maximum Gasteiger partial charge on any atom is 0.258 e. The summed E-state index contributed by atoms with van der Waals surface area (Å²) in [7, 11) is 0. The second-order valence-electron chi connectivity index (χ2n) is 4.24. The largest absolute Gasteiger partial charge is 0.481 e. The highest BCUT2D eigenvalue weighted by molar-refractivity contribution is 6.30. The third-order valence-corrected chi connectivity index (χ3v) is 2.96. The molecule has 6 heteroatoms. The van der Waals surface area contributed by atoms with Crippen molar-refractivity contribution in [1.29, 1.82) is 0 Å². The number of carbonyl (C=O) groups excluding carboxylic acids is 1. The van der Waals surface area contributed by atoms with Crippen LogP contribution in [0.3, 0.4) is 0 Å². The first-order chi connectivity index (χ1) is 10.1. The van der Waals surface area contributed by atoms with Crippen molar-refractivity contribution in [1.82, 2.24) is 5.32 Å². The number of hydrogen-bond donors (Lipinski definition) is 1. The fourth-order valence-corrected chi connectivity index (χ4v) is 1.81. The Kier molecular flexibility index (Phi) is 5.11. The SMILES string of the molecule is O=C(COc1ccccc1F)NCc1ccc(F)c(Cl)c1. The van der Waals surface area contributed by atoms with E-state index >= 15 is 0 Å². The minimum Gasteiger partial charge on any atom is -0.481 e. The number of para-hydroxylation sites is 1. The zero-order valence-corrected chi connectivity index (χ0v) is 11.7. The third-order valence-electron chi connectivity index (χ3n) is 2.67. The Morgan fingerprint density at radius 1 is 1.14 bits per heavy atom. The van der Waals surface area contributed by atoms with Crippen LogP contribution in [-0.4, -0.2) is 12.5 Å². The first kappa shape index (κ1) is 15.3. The van der Waals surface area contributed by atoms with Gasteiger partial charge in [-0.1, -0.05) is 29.8 Å². The molecule has 0 atom stereocenters. The molecule has 1 amide bonds. The van der Waals surface area contributed by atoms with Crippen LogP contribution in [0.1, 0.15) is 5.56 Å². The van der Waals surface area contributed by atoms with Gasteiger partial charge >= 0.3 is 0 Å². The summed E-state index contributed by atoms with van der Waals surface area (Å²) in [5, 5.41) is 2.56. The first-order valence-corrected chi connectivity index (χ1v) is 6.52. The summed E-state index contributed by atoms with van der Waals surface area (Å²) in [6, 6.07) is 9.97. The summed E-state index contributed by atoms with van der Waals surface area (Å²) in [6.45, 7) is -0.130. The van der Waals surface area contributed by atoms with E-state index in [4.69, 9.17) is 16.3 Å². The van der Waals surface area contributed by atoms with Crippen LogP contribution in [0, 0.1) is 11.6 Å². The fourth-order valence-electron chi connectivity index (χ4n) is 1.61. The highest BCUT2D eigenvalue weighted by Crippen LogP contribution is 2.16. The van der Waals surface area contributed by atoms with E-state index < -0.39 is 17.5 Å². The predicted molar refractivity (Wildman–Crippen MR) is 75.2 cm³/mol. The van der Waals surface area contributed by atoms with Crippen LogP contribution >= 0.6 is 11.6 Å². The standard InChI is InChI=1S/C15H12ClF2NO2/c16-11-7-10(5-6-12(11)17)8-19-15(20)9-21-14-4-2-1-3-13(14)18/h1-7H,8-9H2,(H,19,20). The third kappa shape index (κ3) is 4.43. The molecule has 0 aliphatic carbocycles. The van der Waals surface area contributed by atoms with Crippen LogP contribution in [0.2, 0.25) is 5.02 Å². The molecular formula is C15H12ClF2NO2. The normalized spacial score (nSPS) is 10.2. The second-order valence-corrected chi connectivity index (χ2v) is 4.65. The lowest BCUT2D eigenvalue weighted by Gasteiger charge is -2.08. The Hall–Kier alpha value is -2.14. The molecule has 0 bridgehead atoms. The highest BCUT2D eigenvalue weighted by atomic mass is 35.5. The van der Waals surface area contributed by atoms with Crippen molar-refractivity contribution in [3.8, 4) is 5.75 Å². The van der Waals surface area contributed by atoms with E-state index in [0.717, 1.165) is 0 Å². The Labute approximate surface area is 125 Å². The van der Waals surface area contributed by atoms with E-state index in [9.17, 15) is 13.6 Å². The summed E-state index contributed by atoms with van der Waals surface area (Å²) in [6.07, 6.45) is 0. The summed E-state index contributed by atoms with van der Waals surface area (Å²) >= 11 is 5.63. The van der Waals surface area contributed by atoms with Crippen LogP contribution < -0.4 is 10.1 Å². The molecule has 0 aliphatic heterocycles. The average Bonchev–Trinajstić information content (AvgIpc) is 2.47. The Morgan fingerprint density at radius 2 is 1.90 bits per heavy atom. The Morgan fingerprint density at radius 3 is 2.62 bits per heavy atom. The predicted octanol–water partition coefficient (Wildman–Crippen LogP) is 3.31. The topological polar surface area (TPSA) is 38.3 Å². The van der Waals surface area contributed by atoms with E-state index in [1.165, 1.54) is 36.4 Å². The van der Waals surface area contributed by atoms with Crippen LogP contribution in [0.4, 0.5) is 8.78 Å². The molecule has 0 aromatic heterocycles. The number of rotatable bonds is 5. The zero-order chi connectivity index (χ0) is 15.2. The number of amides is 1. The monoisotopic (exact) mass is 311 g/mol. The molecule has 0 spiro atoms. The molecule has 0 aliphatic rings. The summed E-state index contributed by atoms with van der Waals surface area (Å²) < 4.78 is 31.3. The molecule has 110 valence electrons. The lowest BCUT2D eigenvalue weighted by atomic mass is 10.2. The van der Waals surface area contributed by atoms with Gasteiger partial charge in [0.05, 0.1) is 5.02 Å². The van der Waals surface area contributed by atoms with E-state index in [-0.39, 0.29) is 23.9 Å². The number of benzene rings is 2. The lowest BCUT2D eigenvalue weighted by Crippen LogP contribution is -2.28. The van der Waals surface area contributed by atoms with Gasteiger partial charge in [-0.15, -0.1) is 0 Å². The fraction of sp³-hybridized carbons (Fsp3) is 0.133. The van der Waals surface area contributed by atoms with Gasteiger partial charge in [-0.05, 0) is 29.8 Å². The van der Waals surface area contributed by atoms with Gasteiger partial charge in [0.15, 0.2) is 18.2 Å². The van der Waals surface area contributed by atoms with Gasteiger partial charge in [-0.2, -0.15) is 0 Å². The quantitative estimate of drug-likeness (QED) is 0.920. The van der Waals surface area contributed by atoms with Crippen molar-refractivity contribution < 1.29 is 18.3 Å². The van der Waals surface area contributed by atoms with Crippen molar-refractivity contribution in [3.63, 3.8) is 0 Å². The molecular weight excluding hydrogens is 300 g/mol. The summed E-state index contributed by atoms with van der Waals surface area (Å²) in [5.74, 6) is -1.46. The van der Waals surface area contributed by atoms with Crippen LogP contribution in [0.25, 0.3) is 0 Å².